The lowest BCUT2D eigenvalue weighted by atomic mass is 10.2. The van der Waals surface area contributed by atoms with Crippen LogP contribution in [0.5, 0.6) is 0 Å². The maximum absolute atomic E-state index is 14.2. The molecule has 102 valence electrons. The number of aromatic nitrogens is 3. The highest BCUT2D eigenvalue weighted by molar-refractivity contribution is 6.29. The number of hydrogen-bond donors (Lipinski definition) is 1. The fourth-order valence-corrected chi connectivity index (χ4v) is 2.83. The molecule has 1 aliphatic rings. The monoisotopic (exact) mass is 287 g/mol. The molecule has 2 aromatic rings. The van der Waals surface area contributed by atoms with Crippen molar-refractivity contribution in [3.63, 3.8) is 0 Å². The number of alkyl halides is 1. The van der Waals surface area contributed by atoms with Crippen LogP contribution in [0.25, 0.3) is 11.0 Å². The van der Waals surface area contributed by atoms with Crippen LogP contribution in [0, 0.1) is 0 Å². The van der Waals surface area contributed by atoms with Gasteiger partial charge in [-0.3, -0.25) is 9.13 Å². The van der Waals surface area contributed by atoms with Crippen molar-refractivity contribution < 1.29 is 8.50 Å². The van der Waals surface area contributed by atoms with Crippen LogP contribution in [0.3, 0.4) is 0 Å². The van der Waals surface area contributed by atoms with Gasteiger partial charge in [0.1, 0.15) is 11.3 Å². The SMILES string of the molecule is [2H]C([2H])([2H])n1c(=O)n(C2CC(N)CC2F)c2cc(Cl)ncc21. The second-order valence-corrected chi connectivity index (χ2v) is 5.19. The summed E-state index contributed by atoms with van der Waals surface area (Å²) in [6.07, 6.45) is 0.303. The number of aryl methyl sites for hydroxylation is 1. The Balaban J connectivity index is 2.33. The van der Waals surface area contributed by atoms with Gasteiger partial charge in [0.25, 0.3) is 0 Å². The molecule has 3 atom stereocenters. The zero-order valence-corrected chi connectivity index (χ0v) is 10.6. The van der Waals surface area contributed by atoms with E-state index in [9.17, 15) is 9.18 Å². The summed E-state index contributed by atoms with van der Waals surface area (Å²) in [5.74, 6) is 0. The van der Waals surface area contributed by atoms with Gasteiger partial charge in [0, 0.05) is 23.2 Å². The minimum Gasteiger partial charge on any atom is -0.328 e. The second-order valence-electron chi connectivity index (χ2n) is 4.80. The Hall–Kier alpha value is -1.40. The molecule has 0 spiro atoms. The predicted octanol–water partition coefficient (Wildman–Crippen LogP) is 1.39. The molecular weight excluding hydrogens is 271 g/mol. The van der Waals surface area contributed by atoms with Gasteiger partial charge >= 0.3 is 5.69 Å². The van der Waals surface area contributed by atoms with E-state index in [1.54, 1.807) is 0 Å². The molecule has 1 saturated carbocycles. The maximum atomic E-state index is 14.2. The van der Waals surface area contributed by atoms with E-state index in [1.165, 1.54) is 12.3 Å². The lowest BCUT2D eigenvalue weighted by Gasteiger charge is -2.14. The number of pyridine rings is 1. The van der Waals surface area contributed by atoms with Crippen LogP contribution in [-0.4, -0.2) is 26.3 Å². The van der Waals surface area contributed by atoms with Crippen LogP contribution >= 0.6 is 11.6 Å². The van der Waals surface area contributed by atoms with Crippen LogP contribution in [-0.2, 0) is 6.98 Å². The lowest BCUT2D eigenvalue weighted by molar-refractivity contribution is 0.262. The number of halogens is 2. The van der Waals surface area contributed by atoms with Gasteiger partial charge < -0.3 is 5.73 Å². The smallest absolute Gasteiger partial charge is 0.328 e. The molecule has 2 N–H and O–H groups in total. The average molecular weight is 288 g/mol. The molecule has 0 saturated heterocycles. The van der Waals surface area contributed by atoms with Crippen molar-refractivity contribution in [1.29, 1.82) is 0 Å². The third kappa shape index (κ3) is 1.86. The van der Waals surface area contributed by atoms with Gasteiger partial charge in [0.05, 0.1) is 23.3 Å². The summed E-state index contributed by atoms with van der Waals surface area (Å²) in [6.45, 7) is -2.69. The normalized spacial score (nSPS) is 30.3. The summed E-state index contributed by atoms with van der Waals surface area (Å²) >= 11 is 5.84. The van der Waals surface area contributed by atoms with Crippen molar-refractivity contribution in [3.8, 4) is 0 Å². The summed E-state index contributed by atoms with van der Waals surface area (Å²) in [5.41, 5.74) is 5.30. The Morgan fingerprint density at radius 3 is 3.00 bits per heavy atom. The minimum absolute atomic E-state index is 0.0987. The highest BCUT2D eigenvalue weighted by Gasteiger charge is 2.36. The molecule has 0 aliphatic heterocycles. The van der Waals surface area contributed by atoms with Crippen LogP contribution in [0.1, 0.15) is 23.0 Å². The number of nitrogens with two attached hydrogens (primary N) is 1. The van der Waals surface area contributed by atoms with Crippen molar-refractivity contribution in [2.24, 2.45) is 12.7 Å². The molecular formula is C12H14ClFN4O. The molecule has 2 heterocycles. The van der Waals surface area contributed by atoms with Gasteiger partial charge in [0.15, 0.2) is 0 Å². The van der Waals surface area contributed by atoms with Crippen LogP contribution < -0.4 is 11.4 Å². The lowest BCUT2D eigenvalue weighted by Crippen LogP contribution is -2.28. The fourth-order valence-electron chi connectivity index (χ4n) is 2.68. The minimum atomic E-state index is -2.69. The van der Waals surface area contributed by atoms with Gasteiger partial charge in [0.2, 0.25) is 0 Å². The van der Waals surface area contributed by atoms with Crippen molar-refractivity contribution in [2.75, 3.05) is 0 Å². The van der Waals surface area contributed by atoms with E-state index in [2.05, 4.69) is 4.98 Å². The molecule has 5 nitrogen and oxygen atoms in total. The van der Waals surface area contributed by atoms with E-state index in [-0.39, 0.29) is 35.1 Å². The van der Waals surface area contributed by atoms with Crippen LogP contribution in [0.2, 0.25) is 5.15 Å². The molecule has 1 aliphatic carbocycles. The predicted molar refractivity (Wildman–Crippen MR) is 71.1 cm³/mol. The summed E-state index contributed by atoms with van der Waals surface area (Å²) in [4.78, 5) is 16.4. The number of nitrogens with zero attached hydrogens (tertiary/aromatic N) is 3. The molecule has 0 radical (unpaired) electrons. The Morgan fingerprint density at radius 1 is 1.58 bits per heavy atom. The number of hydrogen-bond acceptors (Lipinski definition) is 3. The first-order chi connectivity index (χ1) is 10.2. The topological polar surface area (TPSA) is 65.8 Å². The van der Waals surface area contributed by atoms with Gasteiger partial charge in [-0.1, -0.05) is 11.6 Å². The van der Waals surface area contributed by atoms with E-state index >= 15 is 0 Å². The van der Waals surface area contributed by atoms with Crippen LogP contribution in [0.4, 0.5) is 4.39 Å². The molecule has 19 heavy (non-hydrogen) atoms. The standard InChI is InChI=1S/C12H14ClFN4O/c1-17-10-5-16-11(13)4-9(10)18(12(17)19)8-3-6(15)2-7(8)14/h4-8H,2-3,15H2,1H3/i1D3. The van der Waals surface area contributed by atoms with Crippen LogP contribution in [0.15, 0.2) is 17.1 Å². The van der Waals surface area contributed by atoms with Crippen molar-refractivity contribution in [1.82, 2.24) is 14.1 Å². The first kappa shape index (κ1) is 9.50. The summed E-state index contributed by atoms with van der Waals surface area (Å²) < 4.78 is 38.6. The van der Waals surface area contributed by atoms with Gasteiger partial charge in [-0.15, -0.1) is 0 Å². The Bertz CT molecular complexity index is 787. The first-order valence-corrected chi connectivity index (χ1v) is 6.26. The number of rotatable bonds is 1. The molecule has 2 aromatic heterocycles. The first-order valence-electron chi connectivity index (χ1n) is 7.39. The highest BCUT2D eigenvalue weighted by Crippen LogP contribution is 2.33. The molecule has 0 aromatic carbocycles. The highest BCUT2D eigenvalue weighted by atomic mass is 35.5. The molecule has 0 bridgehead atoms. The molecule has 0 amide bonds. The van der Waals surface area contributed by atoms with Crippen molar-refractivity contribution in [2.45, 2.75) is 31.1 Å². The number of fused-ring (bicyclic) bond motifs is 1. The maximum Gasteiger partial charge on any atom is 0.329 e. The zero-order chi connectivity index (χ0) is 16.2. The molecule has 3 rings (SSSR count). The van der Waals surface area contributed by atoms with Gasteiger partial charge in [-0.2, -0.15) is 0 Å². The Kier molecular flexibility index (Phi) is 2.16. The second kappa shape index (κ2) is 4.31. The summed E-state index contributed by atoms with van der Waals surface area (Å²) in [5, 5.41) is 0.0987. The third-order valence-corrected chi connectivity index (χ3v) is 3.75. The quantitative estimate of drug-likeness (QED) is 0.806. The van der Waals surface area contributed by atoms with E-state index in [0.29, 0.717) is 4.57 Å². The van der Waals surface area contributed by atoms with E-state index in [1.807, 2.05) is 0 Å². The molecule has 1 fully saturated rings. The molecule has 3 unspecified atom stereocenters. The van der Waals surface area contributed by atoms with Crippen molar-refractivity contribution in [3.05, 3.63) is 27.9 Å². The number of imidazole rings is 1. The van der Waals surface area contributed by atoms with Gasteiger partial charge in [-0.05, 0) is 12.8 Å². The van der Waals surface area contributed by atoms with E-state index in [0.717, 1.165) is 4.57 Å². The Morgan fingerprint density at radius 2 is 2.37 bits per heavy atom. The largest absolute Gasteiger partial charge is 0.329 e. The summed E-state index contributed by atoms with van der Waals surface area (Å²) in [7, 11) is 0. The Labute approximate surface area is 118 Å². The zero-order valence-electron chi connectivity index (χ0n) is 12.9. The fraction of sp³-hybridized carbons (Fsp3) is 0.500. The van der Waals surface area contributed by atoms with E-state index < -0.39 is 24.9 Å². The molecule has 7 heteroatoms. The summed E-state index contributed by atoms with van der Waals surface area (Å²) in [6, 6.07) is 0.208. The third-order valence-electron chi connectivity index (χ3n) is 3.55. The van der Waals surface area contributed by atoms with Crippen molar-refractivity contribution >= 4 is 22.6 Å². The van der Waals surface area contributed by atoms with Gasteiger partial charge in [-0.25, -0.2) is 14.2 Å². The van der Waals surface area contributed by atoms with E-state index in [4.69, 9.17) is 21.4 Å². The average Bonchev–Trinajstić information content (AvgIpc) is 2.84.